The van der Waals surface area contributed by atoms with Crippen LogP contribution in [0.3, 0.4) is 0 Å². The number of aryl methyl sites for hydroxylation is 1. The first kappa shape index (κ1) is 21.1. The predicted octanol–water partition coefficient (Wildman–Crippen LogP) is 4.30. The molecule has 0 aliphatic heterocycles. The Balaban J connectivity index is 1.92. The van der Waals surface area contributed by atoms with E-state index in [1.807, 2.05) is 19.1 Å². The van der Waals surface area contributed by atoms with E-state index in [4.69, 9.17) is 9.47 Å². The number of halogens is 2. The monoisotopic (exact) mass is 390 g/mol. The van der Waals surface area contributed by atoms with Crippen LogP contribution in [0.15, 0.2) is 48.5 Å². The fourth-order valence-electron chi connectivity index (χ4n) is 2.34. The number of Topliss-reactive ketones (excluding diaryl/α,β-unsaturated/α-hetero) is 1. The quantitative estimate of drug-likeness (QED) is 0.363. The van der Waals surface area contributed by atoms with Crippen LogP contribution < -0.4 is 9.47 Å². The maximum atomic E-state index is 12.3. The van der Waals surface area contributed by atoms with E-state index in [-0.39, 0.29) is 23.9 Å². The van der Waals surface area contributed by atoms with Crippen molar-refractivity contribution in [3.05, 3.63) is 65.2 Å². The molecule has 0 N–H and O–H groups in total. The summed E-state index contributed by atoms with van der Waals surface area (Å²) < 4.78 is 38.9. The summed E-state index contributed by atoms with van der Waals surface area (Å²) in [5.41, 5.74) is 2.09. The summed E-state index contributed by atoms with van der Waals surface area (Å²) >= 11 is 0. The summed E-state index contributed by atoms with van der Waals surface area (Å²) in [7, 11) is 1.31. The van der Waals surface area contributed by atoms with Gasteiger partial charge in [0, 0.05) is 11.6 Å². The fourth-order valence-corrected chi connectivity index (χ4v) is 2.34. The summed E-state index contributed by atoms with van der Waals surface area (Å²) in [6, 6.07) is 11.3. The summed E-state index contributed by atoms with van der Waals surface area (Å²) in [5, 5.41) is 0. The van der Waals surface area contributed by atoms with Gasteiger partial charge in [-0.05, 0) is 35.8 Å². The van der Waals surface area contributed by atoms with Gasteiger partial charge in [0.1, 0.15) is 0 Å². The Morgan fingerprint density at radius 3 is 2.39 bits per heavy atom. The molecule has 148 valence electrons. The second-order valence-corrected chi connectivity index (χ2v) is 5.70. The van der Waals surface area contributed by atoms with E-state index in [9.17, 15) is 18.4 Å². The lowest BCUT2D eigenvalue weighted by Gasteiger charge is -2.10. The van der Waals surface area contributed by atoms with Crippen molar-refractivity contribution in [2.75, 3.05) is 13.7 Å². The number of carbonyl (C=O) groups is 2. The van der Waals surface area contributed by atoms with Gasteiger partial charge in [0.25, 0.3) is 0 Å². The van der Waals surface area contributed by atoms with Gasteiger partial charge < -0.3 is 14.2 Å². The van der Waals surface area contributed by atoms with Crippen molar-refractivity contribution >= 4 is 17.8 Å². The Bertz CT molecular complexity index is 844. The third-order valence-corrected chi connectivity index (χ3v) is 3.85. The predicted molar refractivity (Wildman–Crippen MR) is 99.8 cm³/mol. The molecule has 0 heterocycles. The molecule has 0 bridgehead atoms. The lowest BCUT2D eigenvalue weighted by molar-refractivity contribution is -0.136. The van der Waals surface area contributed by atoms with Gasteiger partial charge in [-0.3, -0.25) is 4.79 Å². The zero-order chi connectivity index (χ0) is 20.5. The van der Waals surface area contributed by atoms with Gasteiger partial charge in [0.15, 0.2) is 23.9 Å². The molecule has 28 heavy (non-hydrogen) atoms. The van der Waals surface area contributed by atoms with Crippen LogP contribution in [0, 0.1) is 0 Å². The van der Waals surface area contributed by atoms with Crippen molar-refractivity contribution in [1.29, 1.82) is 0 Å². The molecule has 0 saturated heterocycles. The Labute approximate surface area is 161 Å². The Kier molecular flexibility index (Phi) is 7.68. The van der Waals surface area contributed by atoms with Crippen molar-refractivity contribution < 1.29 is 32.6 Å². The molecule has 0 fully saturated rings. The number of alkyl halides is 2. The molecule has 0 amide bonds. The molecule has 0 aromatic heterocycles. The lowest BCUT2D eigenvalue weighted by atomic mass is 10.1. The third-order valence-electron chi connectivity index (χ3n) is 3.85. The minimum Gasteiger partial charge on any atom is -0.493 e. The summed E-state index contributed by atoms with van der Waals surface area (Å²) in [6.07, 6.45) is 3.42. The molecule has 2 aromatic carbocycles. The number of rotatable bonds is 9. The number of ether oxygens (including phenoxy) is 3. The summed E-state index contributed by atoms with van der Waals surface area (Å²) in [4.78, 5) is 23.8. The molecular weight excluding hydrogens is 370 g/mol. The van der Waals surface area contributed by atoms with E-state index in [0.717, 1.165) is 18.1 Å². The van der Waals surface area contributed by atoms with E-state index >= 15 is 0 Å². The zero-order valence-electron chi connectivity index (χ0n) is 15.5. The van der Waals surface area contributed by atoms with E-state index in [1.165, 1.54) is 31.4 Å². The Morgan fingerprint density at radius 2 is 1.79 bits per heavy atom. The van der Waals surface area contributed by atoms with Crippen LogP contribution >= 0.6 is 0 Å². The number of hydrogen-bond donors (Lipinski definition) is 0. The number of hydrogen-bond acceptors (Lipinski definition) is 5. The highest BCUT2D eigenvalue weighted by molar-refractivity contribution is 5.98. The number of esters is 1. The molecule has 5 nitrogen and oxygen atoms in total. The van der Waals surface area contributed by atoms with Gasteiger partial charge in [0.2, 0.25) is 0 Å². The Morgan fingerprint density at radius 1 is 1.07 bits per heavy atom. The summed E-state index contributed by atoms with van der Waals surface area (Å²) in [6.45, 7) is -1.33. The van der Waals surface area contributed by atoms with Gasteiger partial charge in [-0.15, -0.1) is 0 Å². The van der Waals surface area contributed by atoms with Crippen LogP contribution in [0.5, 0.6) is 11.5 Å². The van der Waals surface area contributed by atoms with Crippen LogP contribution in [-0.2, 0) is 16.0 Å². The molecule has 0 atom stereocenters. The zero-order valence-corrected chi connectivity index (χ0v) is 15.5. The molecule has 2 aromatic rings. The van der Waals surface area contributed by atoms with Crippen LogP contribution in [0.2, 0.25) is 0 Å². The number of benzene rings is 2. The second kappa shape index (κ2) is 10.2. The second-order valence-electron chi connectivity index (χ2n) is 5.70. The normalized spacial score (nSPS) is 10.9. The summed E-state index contributed by atoms with van der Waals surface area (Å²) in [5.74, 6) is -1.02. The average Bonchev–Trinajstić information content (AvgIpc) is 2.70. The smallest absolute Gasteiger partial charge is 0.387 e. The average molecular weight is 390 g/mol. The first-order chi connectivity index (χ1) is 13.4. The van der Waals surface area contributed by atoms with E-state index < -0.39 is 12.6 Å². The van der Waals surface area contributed by atoms with E-state index in [1.54, 1.807) is 12.1 Å². The minimum atomic E-state index is -2.97. The molecular formula is C21H20F2O5. The Hall–Kier alpha value is -3.22. The molecule has 0 radical (unpaired) electrons. The molecule has 0 spiro atoms. The molecule has 2 rings (SSSR count). The standard InChI is InChI=1S/C21H20F2O5/c1-3-14-4-8-16(9-5-14)17(24)13-27-20(25)11-7-15-6-10-18(28-21(22)23)19(12-15)26-2/h4-12,21H,3,13H2,1-2H3/b11-7+. The molecule has 7 heteroatoms. The van der Waals surface area contributed by atoms with Crippen LogP contribution in [-0.4, -0.2) is 32.1 Å². The van der Waals surface area contributed by atoms with Crippen molar-refractivity contribution in [3.8, 4) is 11.5 Å². The van der Waals surface area contributed by atoms with Gasteiger partial charge in [-0.2, -0.15) is 8.78 Å². The SMILES string of the molecule is CCc1ccc(C(=O)COC(=O)/C=C/c2ccc(OC(F)F)c(OC)c2)cc1. The topological polar surface area (TPSA) is 61.8 Å². The molecule has 0 aliphatic carbocycles. The van der Waals surface area contributed by atoms with Gasteiger partial charge in [0.05, 0.1) is 7.11 Å². The number of carbonyl (C=O) groups excluding carboxylic acids is 2. The van der Waals surface area contributed by atoms with Crippen molar-refractivity contribution in [2.45, 2.75) is 20.0 Å². The number of methoxy groups -OCH3 is 1. The van der Waals surface area contributed by atoms with Crippen LogP contribution in [0.25, 0.3) is 6.08 Å². The molecule has 0 aliphatic rings. The van der Waals surface area contributed by atoms with Gasteiger partial charge in [-0.1, -0.05) is 37.3 Å². The highest BCUT2D eigenvalue weighted by Gasteiger charge is 2.11. The van der Waals surface area contributed by atoms with Crippen LogP contribution in [0.1, 0.15) is 28.4 Å². The third kappa shape index (κ3) is 6.19. The largest absolute Gasteiger partial charge is 0.493 e. The van der Waals surface area contributed by atoms with Crippen molar-refractivity contribution in [1.82, 2.24) is 0 Å². The first-order valence-corrected chi connectivity index (χ1v) is 8.52. The van der Waals surface area contributed by atoms with Gasteiger partial charge >= 0.3 is 12.6 Å². The van der Waals surface area contributed by atoms with E-state index in [2.05, 4.69) is 4.74 Å². The number of ketones is 1. The van der Waals surface area contributed by atoms with Crippen LogP contribution in [0.4, 0.5) is 8.78 Å². The van der Waals surface area contributed by atoms with Crippen molar-refractivity contribution in [2.24, 2.45) is 0 Å². The van der Waals surface area contributed by atoms with Gasteiger partial charge in [-0.25, -0.2) is 4.79 Å². The fraction of sp³-hybridized carbons (Fsp3) is 0.238. The molecule has 0 saturated carbocycles. The highest BCUT2D eigenvalue weighted by Crippen LogP contribution is 2.29. The van der Waals surface area contributed by atoms with E-state index in [0.29, 0.717) is 11.1 Å². The minimum absolute atomic E-state index is 0.0986. The first-order valence-electron chi connectivity index (χ1n) is 8.52. The highest BCUT2D eigenvalue weighted by atomic mass is 19.3. The lowest BCUT2D eigenvalue weighted by Crippen LogP contribution is -2.12. The molecule has 0 unspecified atom stereocenters. The van der Waals surface area contributed by atoms with Crippen molar-refractivity contribution in [3.63, 3.8) is 0 Å². The maximum Gasteiger partial charge on any atom is 0.387 e. The maximum absolute atomic E-state index is 12.3.